The predicted octanol–water partition coefficient (Wildman–Crippen LogP) is 0.532. The van der Waals surface area contributed by atoms with Crippen molar-refractivity contribution in [3.63, 3.8) is 0 Å². The number of carbonyl (C=O) groups is 3. The highest BCUT2D eigenvalue weighted by atomic mass is 16.2. The fourth-order valence-corrected chi connectivity index (χ4v) is 2.80. The molecule has 2 aliphatic rings. The Morgan fingerprint density at radius 3 is 2.95 bits per heavy atom. The molecule has 3 rings (SSSR count). The fourth-order valence-electron chi connectivity index (χ4n) is 2.80. The highest BCUT2D eigenvalue weighted by Gasteiger charge is 2.35. The molecule has 2 N–H and O–H groups in total. The minimum Gasteiger partial charge on any atom is -0.384 e. The maximum Gasteiger partial charge on any atom is 0.257 e. The summed E-state index contributed by atoms with van der Waals surface area (Å²) in [5, 5.41) is 5.50. The number of piperazine rings is 1. The SMILES string of the molecule is CC1C(=O)NC(=O)CN1C(=O)c1cccc2c1NCCC2. The van der Waals surface area contributed by atoms with Crippen molar-refractivity contribution in [2.45, 2.75) is 25.8 Å². The van der Waals surface area contributed by atoms with E-state index in [1.165, 1.54) is 4.90 Å². The molecule has 0 bridgehead atoms. The smallest absolute Gasteiger partial charge is 0.257 e. The number of rotatable bonds is 1. The van der Waals surface area contributed by atoms with Crippen LogP contribution in [0.5, 0.6) is 0 Å². The van der Waals surface area contributed by atoms with Crippen molar-refractivity contribution >= 4 is 23.4 Å². The Kier molecular flexibility index (Phi) is 3.37. The summed E-state index contributed by atoms with van der Waals surface area (Å²) < 4.78 is 0. The minimum atomic E-state index is -0.644. The highest BCUT2D eigenvalue weighted by Crippen LogP contribution is 2.27. The molecular weight excluding hydrogens is 270 g/mol. The van der Waals surface area contributed by atoms with E-state index < -0.39 is 17.9 Å². The molecule has 1 fully saturated rings. The van der Waals surface area contributed by atoms with Crippen molar-refractivity contribution in [2.24, 2.45) is 0 Å². The summed E-state index contributed by atoms with van der Waals surface area (Å²) in [4.78, 5) is 37.3. The van der Waals surface area contributed by atoms with E-state index in [4.69, 9.17) is 0 Å². The maximum atomic E-state index is 12.7. The number of para-hydroxylation sites is 1. The predicted molar refractivity (Wildman–Crippen MR) is 76.9 cm³/mol. The van der Waals surface area contributed by atoms with Gasteiger partial charge in [-0.2, -0.15) is 0 Å². The van der Waals surface area contributed by atoms with E-state index in [1.54, 1.807) is 13.0 Å². The lowest BCUT2D eigenvalue weighted by Crippen LogP contribution is -2.58. The van der Waals surface area contributed by atoms with Gasteiger partial charge in [0.1, 0.15) is 12.6 Å². The zero-order valence-corrected chi connectivity index (χ0v) is 11.8. The Morgan fingerprint density at radius 1 is 1.33 bits per heavy atom. The van der Waals surface area contributed by atoms with E-state index in [1.807, 2.05) is 12.1 Å². The first-order valence-corrected chi connectivity index (χ1v) is 7.08. The fraction of sp³-hybridized carbons (Fsp3) is 0.400. The second kappa shape index (κ2) is 5.20. The van der Waals surface area contributed by atoms with Crippen molar-refractivity contribution in [1.82, 2.24) is 10.2 Å². The van der Waals surface area contributed by atoms with Crippen LogP contribution in [0.1, 0.15) is 29.3 Å². The molecule has 6 heteroatoms. The van der Waals surface area contributed by atoms with Crippen molar-refractivity contribution in [3.8, 4) is 0 Å². The van der Waals surface area contributed by atoms with Gasteiger partial charge in [-0.3, -0.25) is 19.7 Å². The largest absolute Gasteiger partial charge is 0.384 e. The van der Waals surface area contributed by atoms with Crippen LogP contribution >= 0.6 is 0 Å². The summed E-state index contributed by atoms with van der Waals surface area (Å²) in [6.07, 6.45) is 1.96. The number of fused-ring (bicyclic) bond motifs is 1. The lowest BCUT2D eigenvalue weighted by atomic mass is 9.98. The van der Waals surface area contributed by atoms with Gasteiger partial charge in [0.25, 0.3) is 5.91 Å². The number of amides is 3. The number of hydrogen-bond donors (Lipinski definition) is 2. The molecule has 2 aliphatic heterocycles. The average Bonchev–Trinajstić information content (AvgIpc) is 2.49. The minimum absolute atomic E-state index is 0.0879. The van der Waals surface area contributed by atoms with Gasteiger partial charge in [0, 0.05) is 6.54 Å². The van der Waals surface area contributed by atoms with Crippen molar-refractivity contribution in [1.29, 1.82) is 0 Å². The molecule has 3 amide bonds. The zero-order valence-electron chi connectivity index (χ0n) is 11.8. The molecule has 1 saturated heterocycles. The van der Waals surface area contributed by atoms with Crippen LogP contribution in [0, 0.1) is 0 Å². The van der Waals surface area contributed by atoms with Crippen LogP contribution < -0.4 is 10.6 Å². The third kappa shape index (κ3) is 2.37. The molecule has 2 heterocycles. The van der Waals surface area contributed by atoms with Gasteiger partial charge < -0.3 is 10.2 Å². The van der Waals surface area contributed by atoms with E-state index in [2.05, 4.69) is 10.6 Å². The van der Waals surface area contributed by atoms with Gasteiger partial charge in [-0.25, -0.2) is 0 Å². The third-order valence-electron chi connectivity index (χ3n) is 3.99. The van der Waals surface area contributed by atoms with Crippen LogP contribution in [0.2, 0.25) is 0 Å². The number of carbonyl (C=O) groups excluding carboxylic acids is 3. The van der Waals surface area contributed by atoms with Crippen LogP contribution in [-0.4, -0.2) is 41.8 Å². The molecule has 0 saturated carbocycles. The topological polar surface area (TPSA) is 78.5 Å². The van der Waals surface area contributed by atoms with Crippen LogP contribution in [0.15, 0.2) is 18.2 Å². The number of benzene rings is 1. The molecule has 110 valence electrons. The first kappa shape index (κ1) is 13.6. The number of hydrogen-bond acceptors (Lipinski definition) is 4. The van der Waals surface area contributed by atoms with Crippen LogP contribution in [0.4, 0.5) is 5.69 Å². The van der Waals surface area contributed by atoms with Gasteiger partial charge in [0.05, 0.1) is 11.3 Å². The van der Waals surface area contributed by atoms with Crippen molar-refractivity contribution in [3.05, 3.63) is 29.3 Å². The van der Waals surface area contributed by atoms with Gasteiger partial charge in [0.2, 0.25) is 11.8 Å². The van der Waals surface area contributed by atoms with E-state index >= 15 is 0 Å². The maximum absolute atomic E-state index is 12.7. The summed E-state index contributed by atoms with van der Waals surface area (Å²) in [6, 6.07) is 4.93. The average molecular weight is 287 g/mol. The van der Waals surface area contributed by atoms with Gasteiger partial charge in [-0.05, 0) is 31.4 Å². The number of aryl methyl sites for hydroxylation is 1. The van der Waals surface area contributed by atoms with E-state index in [9.17, 15) is 14.4 Å². The van der Waals surface area contributed by atoms with Gasteiger partial charge in [0.15, 0.2) is 0 Å². The van der Waals surface area contributed by atoms with Crippen LogP contribution in [-0.2, 0) is 16.0 Å². The molecular formula is C15H17N3O3. The molecule has 21 heavy (non-hydrogen) atoms. The molecule has 0 aromatic heterocycles. The Balaban J connectivity index is 1.95. The first-order valence-electron chi connectivity index (χ1n) is 7.08. The van der Waals surface area contributed by atoms with Crippen molar-refractivity contribution < 1.29 is 14.4 Å². The number of anilines is 1. The summed E-state index contributed by atoms with van der Waals surface area (Å²) in [5.74, 6) is -1.15. The van der Waals surface area contributed by atoms with Crippen LogP contribution in [0.25, 0.3) is 0 Å². The second-order valence-corrected chi connectivity index (χ2v) is 5.39. The highest BCUT2D eigenvalue weighted by molar-refractivity contribution is 6.08. The number of imide groups is 1. The van der Waals surface area contributed by atoms with Gasteiger partial charge in [-0.1, -0.05) is 12.1 Å². The standard InChI is InChI=1S/C15H17N3O3/c1-9-14(20)17-12(19)8-18(9)15(21)11-6-2-4-10-5-3-7-16-13(10)11/h2,4,6,9,16H,3,5,7-8H2,1H3,(H,17,19,20). The molecule has 0 aliphatic carbocycles. The lowest BCUT2D eigenvalue weighted by molar-refractivity contribution is -0.138. The van der Waals surface area contributed by atoms with E-state index in [0.717, 1.165) is 30.6 Å². The molecule has 0 spiro atoms. The van der Waals surface area contributed by atoms with Gasteiger partial charge >= 0.3 is 0 Å². The third-order valence-corrected chi connectivity index (χ3v) is 3.99. The Morgan fingerprint density at radius 2 is 2.14 bits per heavy atom. The molecule has 1 aromatic carbocycles. The van der Waals surface area contributed by atoms with E-state index in [0.29, 0.717) is 5.56 Å². The Labute approximate surface area is 122 Å². The summed E-state index contributed by atoms with van der Waals surface area (Å²) in [5.41, 5.74) is 2.47. The summed E-state index contributed by atoms with van der Waals surface area (Å²) in [6.45, 7) is 2.37. The lowest BCUT2D eigenvalue weighted by Gasteiger charge is -2.32. The normalized spacial score (nSPS) is 21.4. The molecule has 1 unspecified atom stereocenters. The molecule has 0 radical (unpaired) electrons. The zero-order chi connectivity index (χ0) is 15.0. The number of nitrogens with zero attached hydrogens (tertiary/aromatic N) is 1. The number of nitrogens with one attached hydrogen (secondary N) is 2. The van der Waals surface area contributed by atoms with Crippen LogP contribution in [0.3, 0.4) is 0 Å². The second-order valence-electron chi connectivity index (χ2n) is 5.39. The quantitative estimate of drug-likeness (QED) is 0.739. The molecule has 6 nitrogen and oxygen atoms in total. The Bertz CT molecular complexity index is 627. The van der Waals surface area contributed by atoms with E-state index in [-0.39, 0.29) is 12.5 Å². The summed E-state index contributed by atoms with van der Waals surface area (Å²) >= 11 is 0. The summed E-state index contributed by atoms with van der Waals surface area (Å²) in [7, 11) is 0. The van der Waals surface area contributed by atoms with Gasteiger partial charge in [-0.15, -0.1) is 0 Å². The first-order chi connectivity index (χ1) is 10.1. The monoisotopic (exact) mass is 287 g/mol. The van der Waals surface area contributed by atoms with Crippen molar-refractivity contribution in [2.75, 3.05) is 18.4 Å². The molecule has 1 atom stereocenters. The Hall–Kier alpha value is -2.37. The molecule has 1 aromatic rings.